The molecule has 0 aliphatic carbocycles. The molecule has 2 amide bonds. The molecule has 0 fully saturated rings. The van der Waals surface area contributed by atoms with Crippen LogP contribution in [0.2, 0.25) is 0 Å². The molecule has 0 saturated carbocycles. The molecule has 2 heterocycles. The van der Waals surface area contributed by atoms with E-state index in [1.54, 1.807) is 56.3 Å². The number of carbonyl (C=O) groups is 2. The van der Waals surface area contributed by atoms with Crippen LogP contribution in [0.1, 0.15) is 35.8 Å². The number of nitrogens with two attached hydrogens (primary N) is 1. The number of nitrogens with zero attached hydrogens (tertiary/aromatic N) is 2. The molecule has 4 N–H and O–H groups in total. The fourth-order valence-electron chi connectivity index (χ4n) is 3.46. The van der Waals surface area contributed by atoms with Gasteiger partial charge in [0.2, 0.25) is 5.91 Å². The summed E-state index contributed by atoms with van der Waals surface area (Å²) >= 11 is 0. The van der Waals surface area contributed by atoms with Gasteiger partial charge >= 0.3 is 0 Å². The normalized spacial score (nSPS) is 12.6. The molecule has 10 heteroatoms. The molecule has 2 aromatic heterocycles. The van der Waals surface area contributed by atoms with E-state index in [-0.39, 0.29) is 10.5 Å². The van der Waals surface area contributed by atoms with Crippen LogP contribution in [0.25, 0.3) is 22.4 Å². The molecule has 0 aliphatic heterocycles. The van der Waals surface area contributed by atoms with Crippen LogP contribution >= 0.6 is 0 Å². The van der Waals surface area contributed by atoms with E-state index < -0.39 is 32.9 Å². The molecule has 0 unspecified atom stereocenters. The van der Waals surface area contributed by atoms with Crippen molar-refractivity contribution in [1.82, 2.24) is 20.3 Å². The molecular weight excluding hydrogens is 454 g/mol. The fraction of sp³-hybridized carbons (Fsp3) is 0.167. The Morgan fingerprint density at radius 3 is 2.32 bits per heavy atom. The fourth-order valence-corrected chi connectivity index (χ4v) is 4.52. The summed E-state index contributed by atoms with van der Waals surface area (Å²) in [6.07, 6.45) is 2.99. The van der Waals surface area contributed by atoms with Gasteiger partial charge in [0.15, 0.2) is 15.5 Å². The smallest absolute Gasteiger partial charge is 0.256 e. The number of H-pyrrole nitrogens is 1. The van der Waals surface area contributed by atoms with Gasteiger partial charge in [-0.05, 0) is 31.5 Å². The minimum atomic E-state index is -3.39. The number of carbonyl (C=O) groups excluding carboxylic acids is 2. The Bertz CT molecular complexity index is 1460. The lowest BCUT2D eigenvalue weighted by atomic mass is 10.1. The topological polar surface area (TPSA) is 148 Å². The van der Waals surface area contributed by atoms with Crippen molar-refractivity contribution >= 4 is 32.8 Å². The lowest BCUT2D eigenvalue weighted by molar-refractivity contribution is -0.120. The maximum absolute atomic E-state index is 13.0. The van der Waals surface area contributed by atoms with Gasteiger partial charge < -0.3 is 16.0 Å². The van der Waals surface area contributed by atoms with Gasteiger partial charge in [-0.3, -0.25) is 9.59 Å². The summed E-state index contributed by atoms with van der Waals surface area (Å²) < 4.78 is 24.7. The van der Waals surface area contributed by atoms with Crippen LogP contribution in [0.5, 0.6) is 0 Å². The second-order valence-corrected chi connectivity index (χ2v) is 10.5. The van der Waals surface area contributed by atoms with Crippen LogP contribution in [0, 0.1) is 0 Å². The van der Waals surface area contributed by atoms with Crippen molar-refractivity contribution in [1.29, 1.82) is 0 Å². The van der Waals surface area contributed by atoms with Crippen LogP contribution < -0.4 is 11.1 Å². The summed E-state index contributed by atoms with van der Waals surface area (Å²) in [6, 6.07) is 14.0. The number of benzene rings is 2. The molecule has 0 bridgehead atoms. The average molecular weight is 478 g/mol. The highest BCUT2D eigenvalue weighted by molar-refractivity contribution is 7.92. The summed E-state index contributed by atoms with van der Waals surface area (Å²) in [7, 11) is -3.39. The van der Waals surface area contributed by atoms with E-state index in [0.717, 1.165) is 0 Å². The lowest BCUT2D eigenvalue weighted by Crippen LogP contribution is -2.37. The van der Waals surface area contributed by atoms with Crippen molar-refractivity contribution in [2.24, 2.45) is 5.73 Å². The van der Waals surface area contributed by atoms with Crippen molar-refractivity contribution in [3.63, 3.8) is 0 Å². The highest BCUT2D eigenvalue weighted by Gasteiger charge is 2.24. The number of hydrogen-bond acceptors (Lipinski definition) is 6. The molecule has 4 rings (SSSR count). The number of amides is 2. The van der Waals surface area contributed by atoms with Gasteiger partial charge in [-0.15, -0.1) is 0 Å². The number of fused-ring (bicyclic) bond motifs is 1. The van der Waals surface area contributed by atoms with Crippen molar-refractivity contribution in [2.75, 3.05) is 0 Å². The number of rotatable bonds is 7. The molecule has 9 nitrogen and oxygen atoms in total. The third-order valence-electron chi connectivity index (χ3n) is 5.42. The summed E-state index contributed by atoms with van der Waals surface area (Å²) in [4.78, 5) is 37.0. The molecular formula is C24H23N5O4S. The maximum atomic E-state index is 13.0. The molecule has 0 spiro atoms. The highest BCUT2D eigenvalue weighted by atomic mass is 32.2. The Morgan fingerprint density at radius 2 is 1.71 bits per heavy atom. The van der Waals surface area contributed by atoms with Crippen LogP contribution in [0.3, 0.4) is 0 Å². The molecule has 0 radical (unpaired) electrons. The largest absolute Gasteiger partial charge is 0.368 e. The standard InChI is InChI=1S/C24H23N5O4S/c1-14(2)34(32,33)17-10-8-15(9-11-17)19-13-27-23-21(28-19)18(12-26-23)24(31)29-20(22(25)30)16-6-4-3-5-7-16/h3-14,20H,1-2H3,(H2,25,30)(H,26,27)(H,29,31)/t20-/m0/s1. The van der Waals surface area contributed by atoms with Gasteiger partial charge in [-0.2, -0.15) is 0 Å². The lowest BCUT2D eigenvalue weighted by Gasteiger charge is -2.15. The maximum Gasteiger partial charge on any atom is 0.256 e. The van der Waals surface area contributed by atoms with Gasteiger partial charge in [0.25, 0.3) is 5.91 Å². The molecule has 174 valence electrons. The van der Waals surface area contributed by atoms with E-state index in [2.05, 4.69) is 20.3 Å². The zero-order valence-corrected chi connectivity index (χ0v) is 19.3. The van der Waals surface area contributed by atoms with Gasteiger partial charge in [0.05, 0.1) is 27.6 Å². The summed E-state index contributed by atoms with van der Waals surface area (Å²) in [6.45, 7) is 3.25. The van der Waals surface area contributed by atoms with Crippen LogP contribution in [0.4, 0.5) is 0 Å². The number of nitrogens with one attached hydrogen (secondary N) is 2. The first-order valence-electron chi connectivity index (χ1n) is 10.5. The van der Waals surface area contributed by atoms with E-state index in [0.29, 0.717) is 28.0 Å². The Labute approximate surface area is 196 Å². The van der Waals surface area contributed by atoms with Crippen molar-refractivity contribution in [2.45, 2.75) is 30.0 Å². The van der Waals surface area contributed by atoms with E-state index >= 15 is 0 Å². The molecule has 2 aromatic carbocycles. The SMILES string of the molecule is CC(C)S(=O)(=O)c1ccc(-c2cnc3[nH]cc(C(=O)N[C@H](C(N)=O)c4ccccc4)c3n2)cc1. The molecule has 4 aromatic rings. The van der Waals surface area contributed by atoms with E-state index in [4.69, 9.17) is 5.73 Å². The Morgan fingerprint density at radius 1 is 1.03 bits per heavy atom. The number of primary amides is 1. The Kier molecular flexibility index (Phi) is 6.16. The Hall–Kier alpha value is -4.05. The quantitative estimate of drug-likeness (QED) is 0.373. The van der Waals surface area contributed by atoms with Crippen molar-refractivity contribution in [3.05, 3.63) is 78.1 Å². The van der Waals surface area contributed by atoms with Crippen LogP contribution in [0.15, 0.2) is 71.9 Å². The minimum Gasteiger partial charge on any atom is -0.368 e. The predicted molar refractivity (Wildman–Crippen MR) is 127 cm³/mol. The third-order valence-corrected chi connectivity index (χ3v) is 7.59. The Balaban J connectivity index is 1.65. The third kappa shape index (κ3) is 4.40. The number of hydrogen-bond donors (Lipinski definition) is 3. The number of sulfone groups is 1. The van der Waals surface area contributed by atoms with Crippen molar-refractivity contribution < 1.29 is 18.0 Å². The van der Waals surface area contributed by atoms with E-state index in [9.17, 15) is 18.0 Å². The minimum absolute atomic E-state index is 0.200. The summed E-state index contributed by atoms with van der Waals surface area (Å²) in [5.41, 5.74) is 8.08. The molecule has 0 aliphatic rings. The van der Waals surface area contributed by atoms with Crippen LogP contribution in [-0.4, -0.2) is 40.4 Å². The molecule has 34 heavy (non-hydrogen) atoms. The number of aromatic amines is 1. The first-order valence-corrected chi connectivity index (χ1v) is 12.1. The molecule has 1 atom stereocenters. The van der Waals surface area contributed by atoms with Gasteiger partial charge in [-0.1, -0.05) is 42.5 Å². The van der Waals surface area contributed by atoms with Gasteiger partial charge in [-0.25, -0.2) is 18.4 Å². The van der Waals surface area contributed by atoms with E-state index in [1.165, 1.54) is 24.5 Å². The first-order chi connectivity index (χ1) is 16.2. The highest BCUT2D eigenvalue weighted by Crippen LogP contribution is 2.24. The predicted octanol–water partition coefficient (Wildman–Crippen LogP) is 2.76. The first kappa shape index (κ1) is 23.1. The van der Waals surface area contributed by atoms with Gasteiger partial charge in [0, 0.05) is 11.8 Å². The second-order valence-electron chi connectivity index (χ2n) is 7.99. The summed E-state index contributed by atoms with van der Waals surface area (Å²) in [5.74, 6) is -1.23. The second kappa shape index (κ2) is 9.06. The zero-order valence-electron chi connectivity index (χ0n) is 18.5. The van der Waals surface area contributed by atoms with Gasteiger partial charge in [0.1, 0.15) is 11.6 Å². The monoisotopic (exact) mass is 477 g/mol. The van der Waals surface area contributed by atoms with Crippen molar-refractivity contribution in [3.8, 4) is 11.3 Å². The zero-order chi connectivity index (χ0) is 24.5. The van der Waals surface area contributed by atoms with Crippen LogP contribution in [-0.2, 0) is 14.6 Å². The molecule has 0 saturated heterocycles. The average Bonchev–Trinajstić information content (AvgIpc) is 3.26. The summed E-state index contributed by atoms with van der Waals surface area (Å²) in [5, 5.41) is 2.12. The number of aromatic nitrogens is 3. The van der Waals surface area contributed by atoms with E-state index in [1.807, 2.05) is 0 Å².